The molecule has 5 heteroatoms. The second kappa shape index (κ2) is 5.31. The molecule has 2 amide bonds. The number of rotatable bonds is 3. The molecule has 4 nitrogen and oxygen atoms in total. The largest absolute Gasteiger partial charge is 0.350 e. The van der Waals surface area contributed by atoms with Crippen molar-refractivity contribution >= 4 is 23.2 Å². The smallest absolute Gasteiger partial charge is 0.261 e. The van der Waals surface area contributed by atoms with Gasteiger partial charge in [0.1, 0.15) is 0 Å². The molecule has 0 aromatic carbocycles. The van der Waals surface area contributed by atoms with Crippen LogP contribution in [0.3, 0.4) is 0 Å². The predicted octanol–water partition coefficient (Wildman–Crippen LogP) is 1.70. The predicted molar refractivity (Wildman–Crippen MR) is 69.3 cm³/mol. The van der Waals surface area contributed by atoms with Crippen molar-refractivity contribution in [3.05, 3.63) is 21.9 Å². The van der Waals surface area contributed by atoms with Crippen LogP contribution in [0.1, 0.15) is 35.3 Å². The van der Waals surface area contributed by atoms with Crippen LogP contribution >= 0.6 is 11.3 Å². The van der Waals surface area contributed by atoms with Crippen LogP contribution in [0.25, 0.3) is 0 Å². The second-order valence-electron chi connectivity index (χ2n) is 4.89. The molecule has 1 heterocycles. The Labute approximate surface area is 105 Å². The van der Waals surface area contributed by atoms with Gasteiger partial charge in [0.2, 0.25) is 5.91 Å². The number of nitrogens with one attached hydrogen (secondary N) is 2. The van der Waals surface area contributed by atoms with E-state index in [-0.39, 0.29) is 23.9 Å². The van der Waals surface area contributed by atoms with E-state index in [4.69, 9.17) is 0 Å². The number of hydrogen-bond acceptors (Lipinski definition) is 3. The summed E-state index contributed by atoms with van der Waals surface area (Å²) in [6.45, 7) is 7.64. The Bertz CT molecular complexity index is 418. The number of carbonyl (C=O) groups excluding carboxylic acids is 2. The number of carbonyl (C=O) groups is 2. The summed E-state index contributed by atoms with van der Waals surface area (Å²) in [5.74, 6) is -0.383. The van der Waals surface area contributed by atoms with Crippen molar-refractivity contribution in [3.63, 3.8) is 0 Å². The van der Waals surface area contributed by atoms with Gasteiger partial charge in [0.25, 0.3) is 5.91 Å². The summed E-state index contributed by atoms with van der Waals surface area (Å²) in [7, 11) is 0. The highest BCUT2D eigenvalue weighted by Gasteiger charge is 2.15. The van der Waals surface area contributed by atoms with Gasteiger partial charge in [-0.25, -0.2) is 0 Å². The van der Waals surface area contributed by atoms with Gasteiger partial charge in [-0.15, -0.1) is 11.3 Å². The molecule has 1 rings (SSSR count). The summed E-state index contributed by atoms with van der Waals surface area (Å²) in [5.41, 5.74) is -0.276. The van der Waals surface area contributed by atoms with Gasteiger partial charge in [0.15, 0.2) is 0 Å². The van der Waals surface area contributed by atoms with E-state index in [1.165, 1.54) is 11.3 Å². The molecule has 0 atom stereocenters. The molecule has 0 fully saturated rings. The molecule has 0 aliphatic heterocycles. The summed E-state index contributed by atoms with van der Waals surface area (Å²) in [5, 5.41) is 5.37. The fraction of sp³-hybridized carbons (Fsp3) is 0.500. The molecule has 0 radical (unpaired) electrons. The van der Waals surface area contributed by atoms with Gasteiger partial charge in [-0.05, 0) is 39.8 Å². The Morgan fingerprint density at radius 3 is 2.41 bits per heavy atom. The van der Waals surface area contributed by atoms with Crippen molar-refractivity contribution in [2.24, 2.45) is 0 Å². The second-order valence-corrected chi connectivity index (χ2v) is 6.18. The third-order valence-corrected chi connectivity index (χ3v) is 2.89. The lowest BCUT2D eigenvalue weighted by molar-refractivity contribution is -0.121. The van der Waals surface area contributed by atoms with E-state index in [1.54, 1.807) is 6.07 Å². The van der Waals surface area contributed by atoms with E-state index in [1.807, 2.05) is 33.8 Å². The lowest BCUT2D eigenvalue weighted by atomic mass is 10.1. The maximum absolute atomic E-state index is 11.6. The molecule has 0 aliphatic rings. The van der Waals surface area contributed by atoms with E-state index in [0.717, 1.165) is 4.88 Å². The van der Waals surface area contributed by atoms with Crippen molar-refractivity contribution in [2.45, 2.75) is 33.2 Å². The Hall–Kier alpha value is -1.36. The molecule has 0 saturated heterocycles. The van der Waals surface area contributed by atoms with Crippen molar-refractivity contribution in [1.82, 2.24) is 10.6 Å². The zero-order valence-electron chi connectivity index (χ0n) is 10.6. The third kappa shape index (κ3) is 4.99. The number of thiophene rings is 1. The van der Waals surface area contributed by atoms with Crippen LogP contribution in [0.4, 0.5) is 0 Å². The van der Waals surface area contributed by atoms with Crippen molar-refractivity contribution in [2.75, 3.05) is 6.54 Å². The minimum atomic E-state index is -0.276. The molecule has 0 saturated carbocycles. The third-order valence-electron chi connectivity index (χ3n) is 1.89. The van der Waals surface area contributed by atoms with Crippen LogP contribution in [-0.2, 0) is 4.79 Å². The molecule has 1 aromatic rings. The van der Waals surface area contributed by atoms with Crippen LogP contribution in [0.15, 0.2) is 12.1 Å². The van der Waals surface area contributed by atoms with Gasteiger partial charge in [0, 0.05) is 10.4 Å². The lowest BCUT2D eigenvalue weighted by Gasteiger charge is -2.20. The molecule has 94 valence electrons. The minimum absolute atomic E-state index is 0.00699. The minimum Gasteiger partial charge on any atom is -0.350 e. The highest BCUT2D eigenvalue weighted by atomic mass is 32.1. The summed E-state index contributed by atoms with van der Waals surface area (Å²) in [6, 6.07) is 3.64. The Morgan fingerprint density at radius 1 is 1.29 bits per heavy atom. The normalized spacial score (nSPS) is 11.1. The fourth-order valence-corrected chi connectivity index (χ4v) is 2.05. The van der Waals surface area contributed by atoms with Crippen molar-refractivity contribution < 1.29 is 9.59 Å². The van der Waals surface area contributed by atoms with E-state index < -0.39 is 0 Å². The van der Waals surface area contributed by atoms with Crippen molar-refractivity contribution in [1.29, 1.82) is 0 Å². The molecular formula is C12H18N2O2S. The first kappa shape index (κ1) is 13.7. The first-order valence-electron chi connectivity index (χ1n) is 5.43. The monoisotopic (exact) mass is 254 g/mol. The zero-order valence-corrected chi connectivity index (χ0v) is 11.4. The molecule has 2 N–H and O–H groups in total. The Morgan fingerprint density at radius 2 is 1.94 bits per heavy atom. The molecule has 0 bridgehead atoms. The first-order chi connectivity index (χ1) is 7.78. The summed E-state index contributed by atoms with van der Waals surface area (Å²) < 4.78 is 0. The maximum atomic E-state index is 11.6. The van der Waals surface area contributed by atoms with Gasteiger partial charge in [-0.1, -0.05) is 0 Å². The van der Waals surface area contributed by atoms with Crippen LogP contribution in [0, 0.1) is 6.92 Å². The van der Waals surface area contributed by atoms with Crippen molar-refractivity contribution in [3.8, 4) is 0 Å². The standard InChI is InChI=1S/C12H18N2O2S/c1-8-5-6-9(17-8)11(16)13-7-10(15)14-12(2,3)4/h5-6H,7H2,1-4H3,(H,13,16)(H,14,15). The van der Waals surface area contributed by atoms with Crippen LogP contribution in [0.5, 0.6) is 0 Å². The van der Waals surface area contributed by atoms with Gasteiger partial charge >= 0.3 is 0 Å². The molecule has 1 aromatic heterocycles. The SMILES string of the molecule is Cc1ccc(C(=O)NCC(=O)NC(C)(C)C)s1. The van der Waals surface area contributed by atoms with E-state index in [2.05, 4.69) is 10.6 Å². The van der Waals surface area contributed by atoms with E-state index in [9.17, 15) is 9.59 Å². The molecule has 17 heavy (non-hydrogen) atoms. The molecular weight excluding hydrogens is 236 g/mol. The van der Waals surface area contributed by atoms with Gasteiger partial charge in [-0.2, -0.15) is 0 Å². The van der Waals surface area contributed by atoms with Crippen LogP contribution in [-0.4, -0.2) is 23.9 Å². The first-order valence-corrected chi connectivity index (χ1v) is 6.25. The number of aryl methyl sites for hydroxylation is 1. The molecule has 0 spiro atoms. The number of hydrogen-bond donors (Lipinski definition) is 2. The molecule has 0 aliphatic carbocycles. The Balaban J connectivity index is 2.41. The molecule has 0 unspecified atom stereocenters. The van der Waals surface area contributed by atoms with Gasteiger partial charge < -0.3 is 10.6 Å². The number of amides is 2. The van der Waals surface area contributed by atoms with Crippen LogP contribution < -0.4 is 10.6 Å². The lowest BCUT2D eigenvalue weighted by Crippen LogP contribution is -2.45. The fourth-order valence-electron chi connectivity index (χ4n) is 1.27. The van der Waals surface area contributed by atoms with Gasteiger partial charge in [-0.3, -0.25) is 9.59 Å². The summed E-state index contributed by atoms with van der Waals surface area (Å²) in [4.78, 5) is 24.8. The highest BCUT2D eigenvalue weighted by molar-refractivity contribution is 7.13. The summed E-state index contributed by atoms with van der Waals surface area (Å²) >= 11 is 1.42. The van der Waals surface area contributed by atoms with E-state index >= 15 is 0 Å². The average Bonchev–Trinajstić information content (AvgIpc) is 2.58. The van der Waals surface area contributed by atoms with E-state index in [0.29, 0.717) is 4.88 Å². The quantitative estimate of drug-likeness (QED) is 0.862. The summed E-state index contributed by atoms with van der Waals surface area (Å²) in [6.07, 6.45) is 0. The van der Waals surface area contributed by atoms with Gasteiger partial charge in [0.05, 0.1) is 11.4 Å². The average molecular weight is 254 g/mol. The zero-order chi connectivity index (χ0) is 13.1. The van der Waals surface area contributed by atoms with Crippen LogP contribution in [0.2, 0.25) is 0 Å². The Kier molecular flexibility index (Phi) is 4.28. The highest BCUT2D eigenvalue weighted by Crippen LogP contribution is 2.14. The maximum Gasteiger partial charge on any atom is 0.261 e. The topological polar surface area (TPSA) is 58.2 Å².